The summed E-state index contributed by atoms with van der Waals surface area (Å²) in [6, 6.07) is 15.7. The summed E-state index contributed by atoms with van der Waals surface area (Å²) < 4.78 is 23.4. The van der Waals surface area contributed by atoms with E-state index in [1.54, 1.807) is 23.5 Å². The molecule has 0 spiro atoms. The van der Waals surface area contributed by atoms with Gasteiger partial charge in [-0.2, -0.15) is 9.35 Å². The molecule has 0 radical (unpaired) electrons. The average Bonchev–Trinajstić information content (AvgIpc) is 3.30. The summed E-state index contributed by atoms with van der Waals surface area (Å²) in [5, 5.41) is 4.23. The van der Waals surface area contributed by atoms with Crippen LogP contribution >= 0.6 is 0 Å². The Morgan fingerprint density at radius 3 is 2.50 bits per heavy atom. The smallest absolute Gasteiger partial charge is 0.409 e. The second-order valence-corrected chi connectivity index (χ2v) is 12.5. The predicted octanol–water partition coefficient (Wildman–Crippen LogP) is 4.76. The molecular formula is C28H34N8O3S. The van der Waals surface area contributed by atoms with Crippen LogP contribution < -0.4 is 10.2 Å². The number of carbonyl (C=O) groups is 1. The largest absolute Gasteiger partial charge is 0.453 e. The van der Waals surface area contributed by atoms with Crippen LogP contribution in [0.1, 0.15) is 19.0 Å². The fraction of sp³-hybridized carbons (Fsp3) is 0.357. The van der Waals surface area contributed by atoms with E-state index in [-0.39, 0.29) is 6.09 Å². The van der Waals surface area contributed by atoms with E-state index in [4.69, 9.17) is 9.72 Å². The standard InChI is InChI=1S/C28H34N8O3S/c1-5-7-23-18-20-19-29-27(32-26(20)36(23)25-9-6-8-24(31-25)33-40(3,4)38)30-21-10-12-22(13-11-21)34-14-16-35(17-15-34)28(37)39-2/h6,8-13,18-19H,5,7,14-17H2,1-4H3,(H,29,30,32). The minimum Gasteiger partial charge on any atom is -0.453 e. The highest BCUT2D eigenvalue weighted by Crippen LogP contribution is 2.27. The molecule has 1 fully saturated rings. The molecule has 1 N–H and O–H groups in total. The fourth-order valence-corrected chi connectivity index (χ4v) is 5.33. The third-order valence-corrected chi connectivity index (χ3v) is 7.21. The Balaban J connectivity index is 1.39. The summed E-state index contributed by atoms with van der Waals surface area (Å²) in [7, 11) is -0.931. The van der Waals surface area contributed by atoms with Crippen LogP contribution in [0.15, 0.2) is 59.1 Å². The Labute approximate surface area is 234 Å². The second-order valence-electron chi connectivity index (χ2n) is 9.94. The maximum atomic E-state index is 12.3. The van der Waals surface area contributed by atoms with Crippen LogP contribution in [0.5, 0.6) is 0 Å². The third kappa shape index (κ3) is 6.17. The molecule has 210 valence electrons. The number of hydrogen-bond donors (Lipinski definition) is 1. The van der Waals surface area contributed by atoms with E-state index in [1.165, 1.54) is 7.11 Å². The number of rotatable bonds is 7. The van der Waals surface area contributed by atoms with E-state index in [9.17, 15) is 9.00 Å². The predicted molar refractivity (Wildman–Crippen MR) is 159 cm³/mol. The van der Waals surface area contributed by atoms with Crippen molar-refractivity contribution < 1.29 is 13.7 Å². The molecule has 1 aliphatic rings. The van der Waals surface area contributed by atoms with Crippen LogP contribution in [0, 0.1) is 0 Å². The molecule has 3 aromatic heterocycles. The lowest BCUT2D eigenvalue weighted by atomic mass is 10.2. The number of nitrogens with zero attached hydrogens (tertiary/aromatic N) is 7. The zero-order chi connectivity index (χ0) is 28.3. The first-order valence-corrected chi connectivity index (χ1v) is 15.5. The highest BCUT2D eigenvalue weighted by molar-refractivity contribution is 7.92. The van der Waals surface area contributed by atoms with Crippen LogP contribution in [0.25, 0.3) is 16.9 Å². The first-order chi connectivity index (χ1) is 19.2. The maximum Gasteiger partial charge on any atom is 0.409 e. The SMILES string of the molecule is CCCc1cc2cnc(Nc3ccc(N4CCN(C(=O)OC)CC4)cc3)nc2n1-c1cccc(N=S(C)(C)=O)n1. The van der Waals surface area contributed by atoms with Crippen LogP contribution in [0.4, 0.5) is 27.9 Å². The summed E-state index contributed by atoms with van der Waals surface area (Å²) in [5.41, 5.74) is 3.75. The van der Waals surface area contributed by atoms with Crippen LogP contribution in [-0.2, 0) is 20.9 Å². The van der Waals surface area contributed by atoms with Crippen molar-refractivity contribution in [2.75, 3.05) is 56.0 Å². The van der Waals surface area contributed by atoms with E-state index < -0.39 is 9.73 Å². The molecule has 0 aliphatic carbocycles. The minimum absolute atomic E-state index is 0.282. The van der Waals surface area contributed by atoms with E-state index in [0.29, 0.717) is 30.7 Å². The monoisotopic (exact) mass is 562 g/mol. The summed E-state index contributed by atoms with van der Waals surface area (Å²) >= 11 is 0. The number of nitrogens with one attached hydrogen (secondary N) is 1. The summed E-state index contributed by atoms with van der Waals surface area (Å²) in [5.74, 6) is 1.57. The third-order valence-electron chi connectivity index (χ3n) is 6.59. The highest BCUT2D eigenvalue weighted by Gasteiger charge is 2.21. The van der Waals surface area contributed by atoms with Crippen molar-refractivity contribution in [2.45, 2.75) is 19.8 Å². The van der Waals surface area contributed by atoms with Gasteiger partial charge in [0.1, 0.15) is 5.82 Å². The Kier molecular flexibility index (Phi) is 7.88. The Hall–Kier alpha value is -4.19. The number of hydrogen-bond acceptors (Lipinski definition) is 9. The number of methoxy groups -OCH3 is 1. The van der Waals surface area contributed by atoms with Crippen molar-refractivity contribution in [1.29, 1.82) is 0 Å². The Bertz CT molecular complexity index is 1630. The van der Waals surface area contributed by atoms with Gasteiger partial charge in [0.25, 0.3) is 0 Å². The minimum atomic E-state index is -2.34. The first kappa shape index (κ1) is 27.4. The van der Waals surface area contributed by atoms with E-state index >= 15 is 0 Å². The van der Waals surface area contributed by atoms with Crippen molar-refractivity contribution in [2.24, 2.45) is 4.36 Å². The molecule has 1 aromatic carbocycles. The van der Waals surface area contributed by atoms with Crippen LogP contribution in [0.2, 0.25) is 0 Å². The highest BCUT2D eigenvalue weighted by atomic mass is 32.2. The van der Waals surface area contributed by atoms with Crippen molar-refractivity contribution in [3.05, 3.63) is 60.4 Å². The molecule has 0 saturated carbocycles. The summed E-state index contributed by atoms with van der Waals surface area (Å²) in [6.45, 7) is 4.87. The van der Waals surface area contributed by atoms with Gasteiger partial charge >= 0.3 is 6.09 Å². The van der Waals surface area contributed by atoms with Crippen LogP contribution in [0.3, 0.4) is 0 Å². The molecule has 11 nitrogen and oxygen atoms in total. The Morgan fingerprint density at radius 2 is 1.82 bits per heavy atom. The number of pyridine rings is 1. The molecule has 1 saturated heterocycles. The van der Waals surface area contributed by atoms with Crippen LogP contribution in [-0.4, -0.2) is 80.5 Å². The molecule has 5 rings (SSSR count). The number of amides is 1. The van der Waals surface area contributed by atoms with Gasteiger partial charge in [-0.1, -0.05) is 19.4 Å². The molecule has 1 amide bonds. The van der Waals surface area contributed by atoms with Gasteiger partial charge in [0.05, 0.1) is 7.11 Å². The number of benzene rings is 1. The van der Waals surface area contributed by atoms with Gasteiger partial charge in [-0.3, -0.25) is 4.57 Å². The van der Waals surface area contributed by atoms with Crippen molar-refractivity contribution in [3.63, 3.8) is 0 Å². The van der Waals surface area contributed by atoms with Gasteiger partial charge in [0.15, 0.2) is 11.5 Å². The number of aromatic nitrogens is 4. The molecule has 4 heterocycles. The molecule has 4 aromatic rings. The van der Waals surface area contributed by atoms with Gasteiger partial charge in [-0.25, -0.2) is 19.0 Å². The lowest BCUT2D eigenvalue weighted by Crippen LogP contribution is -2.48. The van der Waals surface area contributed by atoms with Gasteiger partial charge in [0, 0.05) is 77.1 Å². The zero-order valence-corrected chi connectivity index (χ0v) is 24.0. The first-order valence-electron chi connectivity index (χ1n) is 13.2. The molecule has 12 heteroatoms. The average molecular weight is 563 g/mol. The second kappa shape index (κ2) is 11.5. The van der Waals surface area contributed by atoms with Gasteiger partial charge in [-0.05, 0) is 48.9 Å². The lowest BCUT2D eigenvalue weighted by molar-refractivity contribution is 0.121. The number of carbonyl (C=O) groups excluding carboxylic acids is 1. The normalized spacial score (nSPS) is 13.9. The van der Waals surface area contributed by atoms with Crippen molar-refractivity contribution in [1.82, 2.24) is 24.4 Å². The molecule has 1 aliphatic heterocycles. The number of anilines is 3. The van der Waals surface area contributed by atoms with Crippen molar-refractivity contribution >= 4 is 50.0 Å². The quantitative estimate of drug-likeness (QED) is 0.343. The molecule has 0 unspecified atom stereocenters. The van der Waals surface area contributed by atoms with E-state index in [1.807, 2.05) is 35.0 Å². The molecule has 0 bridgehead atoms. The van der Waals surface area contributed by atoms with E-state index in [2.05, 4.69) is 49.7 Å². The fourth-order valence-electron chi connectivity index (χ4n) is 4.77. The number of ether oxygens (including phenoxy) is 1. The number of aryl methyl sites for hydroxylation is 1. The van der Waals surface area contributed by atoms with Gasteiger partial charge in [0.2, 0.25) is 5.95 Å². The number of fused-ring (bicyclic) bond motifs is 1. The summed E-state index contributed by atoms with van der Waals surface area (Å²) in [6.07, 6.45) is 6.52. The van der Waals surface area contributed by atoms with Gasteiger partial charge in [-0.15, -0.1) is 0 Å². The molecular weight excluding hydrogens is 528 g/mol. The van der Waals surface area contributed by atoms with E-state index in [0.717, 1.165) is 54.0 Å². The van der Waals surface area contributed by atoms with Gasteiger partial charge < -0.3 is 19.9 Å². The lowest BCUT2D eigenvalue weighted by Gasteiger charge is -2.35. The maximum absolute atomic E-state index is 12.3. The topological polar surface area (TPSA) is 118 Å². The summed E-state index contributed by atoms with van der Waals surface area (Å²) in [4.78, 5) is 29.8. The molecule has 40 heavy (non-hydrogen) atoms. The number of piperazine rings is 1. The van der Waals surface area contributed by atoms with Crippen molar-refractivity contribution in [3.8, 4) is 5.82 Å². The molecule has 0 atom stereocenters. The zero-order valence-electron chi connectivity index (χ0n) is 23.2. The Morgan fingerprint density at radius 1 is 1.07 bits per heavy atom.